The van der Waals surface area contributed by atoms with E-state index in [0.717, 1.165) is 0 Å². The molecule has 30 heavy (non-hydrogen) atoms. The lowest BCUT2D eigenvalue weighted by Gasteiger charge is -2.40. The van der Waals surface area contributed by atoms with Crippen LogP contribution in [0.5, 0.6) is 11.5 Å². The van der Waals surface area contributed by atoms with Crippen molar-refractivity contribution in [2.45, 2.75) is 77.8 Å². The van der Waals surface area contributed by atoms with Crippen molar-refractivity contribution in [2.24, 2.45) is 0 Å². The first-order valence-electron chi connectivity index (χ1n) is 10.7. The fourth-order valence-corrected chi connectivity index (χ4v) is 4.51. The molecular formula is C25H38O3Si2. The molecule has 0 heterocycles. The molecule has 5 heteroatoms. The molecule has 0 amide bonds. The van der Waals surface area contributed by atoms with E-state index in [-0.39, 0.29) is 15.9 Å². The predicted molar refractivity (Wildman–Crippen MR) is 132 cm³/mol. The van der Waals surface area contributed by atoms with Crippen molar-refractivity contribution in [3.05, 3.63) is 59.7 Å². The van der Waals surface area contributed by atoms with Crippen molar-refractivity contribution in [3.63, 3.8) is 0 Å². The molecule has 2 aromatic rings. The summed E-state index contributed by atoms with van der Waals surface area (Å²) in [4.78, 5) is 13.4. The summed E-state index contributed by atoms with van der Waals surface area (Å²) >= 11 is 0. The normalized spacial score (nSPS) is 13.1. The van der Waals surface area contributed by atoms with Gasteiger partial charge in [-0.1, -0.05) is 77.9 Å². The predicted octanol–water partition coefficient (Wildman–Crippen LogP) is 7.69. The zero-order valence-electron chi connectivity index (χ0n) is 20.3. The molecule has 2 rings (SSSR count). The van der Waals surface area contributed by atoms with Gasteiger partial charge in [0.15, 0.2) is 11.5 Å². The summed E-state index contributed by atoms with van der Waals surface area (Å²) in [5.41, 5.74) is 1.23. The van der Waals surface area contributed by atoms with Gasteiger partial charge in [0.1, 0.15) is 5.75 Å². The van der Waals surface area contributed by atoms with Gasteiger partial charge in [0, 0.05) is 5.56 Å². The van der Waals surface area contributed by atoms with Gasteiger partial charge >= 0.3 is 0 Å². The van der Waals surface area contributed by atoms with Crippen LogP contribution in [0.1, 0.15) is 57.5 Å². The average Bonchev–Trinajstić information content (AvgIpc) is 2.61. The third kappa shape index (κ3) is 5.24. The molecule has 2 aromatic carbocycles. The quantitative estimate of drug-likeness (QED) is 0.340. The Hall–Kier alpha value is -1.86. The summed E-state index contributed by atoms with van der Waals surface area (Å²) in [5.74, 6) is 1.25. The summed E-state index contributed by atoms with van der Waals surface area (Å²) in [6.45, 7) is 22.1. The Balaban J connectivity index is 2.64. The molecule has 0 aliphatic heterocycles. The Morgan fingerprint density at radius 3 is 1.70 bits per heavy atom. The van der Waals surface area contributed by atoms with Crippen LogP contribution in [0.4, 0.5) is 0 Å². The van der Waals surface area contributed by atoms with Gasteiger partial charge in [0.25, 0.3) is 16.6 Å². The van der Waals surface area contributed by atoms with E-state index in [1.807, 2.05) is 48.5 Å². The lowest BCUT2D eigenvalue weighted by atomic mass is 10.0. The van der Waals surface area contributed by atoms with Crippen LogP contribution < -0.4 is 8.85 Å². The van der Waals surface area contributed by atoms with Crippen LogP contribution in [0, 0.1) is 0 Å². The number of carbonyl (C=O) groups excluding carboxylic acids is 1. The maximum atomic E-state index is 13.4. The number of ketones is 1. The first kappa shape index (κ1) is 24.4. The number of hydrogen-bond donors (Lipinski definition) is 0. The number of hydrogen-bond acceptors (Lipinski definition) is 3. The van der Waals surface area contributed by atoms with Gasteiger partial charge in [-0.3, -0.25) is 4.79 Å². The molecule has 3 nitrogen and oxygen atoms in total. The summed E-state index contributed by atoms with van der Waals surface area (Å²) < 4.78 is 13.4. The Kier molecular flexibility index (Phi) is 6.79. The molecule has 0 saturated carbocycles. The molecule has 0 aromatic heterocycles. The Labute approximate surface area is 185 Å². The molecule has 0 saturated heterocycles. The second kappa shape index (κ2) is 8.35. The van der Waals surface area contributed by atoms with Gasteiger partial charge in [-0.25, -0.2) is 0 Å². The van der Waals surface area contributed by atoms with Gasteiger partial charge in [-0.15, -0.1) is 0 Å². The van der Waals surface area contributed by atoms with Crippen LogP contribution >= 0.6 is 0 Å². The van der Waals surface area contributed by atoms with Gasteiger partial charge in [-0.2, -0.15) is 0 Å². The van der Waals surface area contributed by atoms with Crippen molar-refractivity contribution in [1.82, 2.24) is 0 Å². The number of benzene rings is 2. The van der Waals surface area contributed by atoms with Crippen molar-refractivity contribution in [3.8, 4) is 11.5 Å². The van der Waals surface area contributed by atoms with Crippen LogP contribution in [-0.4, -0.2) is 22.4 Å². The van der Waals surface area contributed by atoms with Crippen LogP contribution in [-0.2, 0) is 0 Å². The standard InChI is InChI=1S/C25H38O3Si2/c1-24(2,3)29(7,8)27-21-18-14-17-20(22(26)19-15-12-11-13-16-19)23(21)28-30(9,10)25(4,5)6/h11-18H,1-10H3. The lowest BCUT2D eigenvalue weighted by Crippen LogP contribution is -2.46. The summed E-state index contributed by atoms with van der Waals surface area (Å²) in [6.07, 6.45) is 0. The molecule has 0 radical (unpaired) electrons. The third-order valence-corrected chi connectivity index (χ3v) is 15.3. The molecular weight excluding hydrogens is 404 g/mol. The highest BCUT2D eigenvalue weighted by Crippen LogP contribution is 2.45. The molecule has 0 atom stereocenters. The Bertz CT molecular complexity index is 889. The van der Waals surface area contributed by atoms with Gasteiger partial charge in [0.2, 0.25) is 0 Å². The molecule has 0 bridgehead atoms. The second-order valence-electron chi connectivity index (χ2n) is 11.1. The van der Waals surface area contributed by atoms with E-state index in [4.69, 9.17) is 8.85 Å². The van der Waals surface area contributed by atoms with Crippen molar-refractivity contribution in [1.29, 1.82) is 0 Å². The minimum atomic E-state index is -2.19. The smallest absolute Gasteiger partial charge is 0.250 e. The Morgan fingerprint density at radius 2 is 1.20 bits per heavy atom. The molecule has 0 aliphatic rings. The second-order valence-corrected chi connectivity index (χ2v) is 20.5. The molecule has 0 aliphatic carbocycles. The SMILES string of the molecule is CC(C)(C)[Si](C)(C)Oc1cccc(C(=O)c2ccccc2)c1O[Si](C)(C)C(C)(C)C. The summed E-state index contributed by atoms with van der Waals surface area (Å²) in [7, 11) is -4.30. The largest absolute Gasteiger partial charge is 0.541 e. The van der Waals surface area contributed by atoms with E-state index in [1.54, 1.807) is 0 Å². The monoisotopic (exact) mass is 442 g/mol. The number of carbonyl (C=O) groups is 1. The van der Waals surface area contributed by atoms with Gasteiger partial charge in [0.05, 0.1) is 5.56 Å². The lowest BCUT2D eigenvalue weighted by molar-refractivity contribution is 0.103. The van der Waals surface area contributed by atoms with Crippen LogP contribution in [0.15, 0.2) is 48.5 Å². The molecule has 0 unspecified atom stereocenters. The van der Waals surface area contributed by atoms with Gasteiger partial charge in [-0.05, 0) is 48.4 Å². The average molecular weight is 443 g/mol. The highest BCUT2D eigenvalue weighted by atomic mass is 28.4. The maximum Gasteiger partial charge on any atom is 0.250 e. The van der Waals surface area contributed by atoms with Crippen molar-refractivity contribution < 1.29 is 13.6 Å². The first-order chi connectivity index (χ1) is 13.6. The minimum absolute atomic E-state index is 0.00412. The highest BCUT2D eigenvalue weighted by Gasteiger charge is 2.43. The van der Waals surface area contributed by atoms with Crippen molar-refractivity contribution >= 4 is 22.4 Å². The zero-order chi connectivity index (χ0) is 23.0. The topological polar surface area (TPSA) is 35.5 Å². The van der Waals surface area contributed by atoms with Crippen LogP contribution in [0.25, 0.3) is 0 Å². The Morgan fingerprint density at radius 1 is 0.700 bits per heavy atom. The zero-order valence-corrected chi connectivity index (χ0v) is 22.3. The summed E-state index contributed by atoms with van der Waals surface area (Å²) in [6, 6.07) is 15.1. The van der Waals surface area contributed by atoms with E-state index >= 15 is 0 Å². The first-order valence-corrected chi connectivity index (χ1v) is 16.5. The molecule has 0 spiro atoms. The molecule has 164 valence electrons. The van der Waals surface area contributed by atoms with E-state index in [2.05, 4.69) is 67.7 Å². The third-order valence-electron chi connectivity index (χ3n) is 6.59. The minimum Gasteiger partial charge on any atom is -0.541 e. The van der Waals surface area contributed by atoms with E-state index in [0.29, 0.717) is 22.6 Å². The molecule has 0 N–H and O–H groups in total. The van der Waals surface area contributed by atoms with Crippen LogP contribution in [0.3, 0.4) is 0 Å². The van der Waals surface area contributed by atoms with Crippen molar-refractivity contribution in [2.75, 3.05) is 0 Å². The fourth-order valence-electron chi connectivity index (χ4n) is 2.46. The van der Waals surface area contributed by atoms with Crippen LogP contribution in [0.2, 0.25) is 36.3 Å². The molecule has 0 fully saturated rings. The van der Waals surface area contributed by atoms with E-state index < -0.39 is 16.6 Å². The van der Waals surface area contributed by atoms with E-state index in [9.17, 15) is 4.79 Å². The fraction of sp³-hybridized carbons (Fsp3) is 0.480. The number of rotatable bonds is 6. The maximum absolute atomic E-state index is 13.4. The number of para-hydroxylation sites is 1. The highest BCUT2D eigenvalue weighted by molar-refractivity contribution is 6.75. The van der Waals surface area contributed by atoms with E-state index in [1.165, 1.54) is 0 Å². The summed E-state index contributed by atoms with van der Waals surface area (Å²) in [5, 5.41) is 0.0465. The van der Waals surface area contributed by atoms with Gasteiger partial charge < -0.3 is 8.85 Å².